The third-order valence-corrected chi connectivity index (χ3v) is 10.2. The smallest absolute Gasteiger partial charge is 0.329 e. The summed E-state index contributed by atoms with van der Waals surface area (Å²) in [4.78, 5) is 49.1. The summed E-state index contributed by atoms with van der Waals surface area (Å²) in [6.07, 6.45) is 10.5. The van der Waals surface area contributed by atoms with Crippen LogP contribution in [0.1, 0.15) is 92.8 Å². The number of carbonyl (C=O) groups is 3. The van der Waals surface area contributed by atoms with E-state index >= 15 is 0 Å². The van der Waals surface area contributed by atoms with Crippen molar-refractivity contribution in [2.45, 2.75) is 96.1 Å². The maximum absolute atomic E-state index is 13.4. The van der Waals surface area contributed by atoms with Crippen LogP contribution in [0.3, 0.4) is 0 Å². The molecule has 3 N–H and O–H groups in total. The quantitative estimate of drug-likeness (QED) is 0.104. The number of carboxylic acid groups (broad SMARTS) is 1. The number of rotatable bonds is 16. The van der Waals surface area contributed by atoms with Gasteiger partial charge in [-0.1, -0.05) is 89.8 Å². The van der Waals surface area contributed by atoms with Gasteiger partial charge in [0, 0.05) is 34.8 Å². The standard InChI is InChI=1S/C39H46N4O5S/c1-5-6-7-8-9-22-48-30-16-14-27(15-17-30)29-24-40-34(41-25-29)28-12-10-26(11-13-28)23-31(35(44)43-39(20-21-39)37(46)47)42-36(45)32-18-19-33(49-32)38(2,3)4/h10-19,24-25,31H,5-9,20-23H2,1-4H3,(H,42,45)(H,43,44)(H,46,47)/t31-/m0/s1. The van der Waals surface area contributed by atoms with Crippen molar-refractivity contribution >= 4 is 29.1 Å². The average Bonchev–Trinajstić information content (AvgIpc) is 3.69. The molecule has 1 atom stereocenters. The summed E-state index contributed by atoms with van der Waals surface area (Å²) in [6.45, 7) is 9.16. The Morgan fingerprint density at radius 3 is 2.12 bits per heavy atom. The first-order chi connectivity index (χ1) is 23.5. The third-order valence-electron chi connectivity index (χ3n) is 8.72. The molecular weight excluding hydrogens is 637 g/mol. The number of benzene rings is 2. The molecule has 0 saturated heterocycles. The first-order valence-electron chi connectivity index (χ1n) is 17.1. The summed E-state index contributed by atoms with van der Waals surface area (Å²) in [6, 6.07) is 18.2. The van der Waals surface area contributed by atoms with Gasteiger partial charge in [-0.15, -0.1) is 11.3 Å². The number of thiophene rings is 1. The number of nitrogens with one attached hydrogen (secondary N) is 2. The van der Waals surface area contributed by atoms with Gasteiger partial charge in [0.15, 0.2) is 5.82 Å². The molecule has 9 nitrogen and oxygen atoms in total. The lowest BCUT2D eigenvalue weighted by molar-refractivity contribution is -0.143. The van der Waals surface area contributed by atoms with Crippen molar-refractivity contribution in [2.75, 3.05) is 6.61 Å². The van der Waals surface area contributed by atoms with Gasteiger partial charge in [0.05, 0.1) is 11.5 Å². The zero-order valence-corrected chi connectivity index (χ0v) is 29.6. The number of hydrogen-bond donors (Lipinski definition) is 3. The maximum atomic E-state index is 13.4. The monoisotopic (exact) mass is 682 g/mol. The second-order valence-corrected chi connectivity index (χ2v) is 14.9. The minimum absolute atomic E-state index is 0.112. The zero-order chi connectivity index (χ0) is 35.0. The maximum Gasteiger partial charge on any atom is 0.329 e. The van der Waals surface area contributed by atoms with Crippen LogP contribution < -0.4 is 15.4 Å². The first kappa shape index (κ1) is 35.7. The van der Waals surface area contributed by atoms with Gasteiger partial charge >= 0.3 is 5.97 Å². The molecule has 49 heavy (non-hydrogen) atoms. The molecule has 2 aromatic carbocycles. The van der Waals surface area contributed by atoms with Crippen LogP contribution in [0.25, 0.3) is 22.5 Å². The van der Waals surface area contributed by atoms with E-state index in [0.29, 0.717) is 23.5 Å². The fourth-order valence-corrected chi connectivity index (χ4v) is 6.40. The van der Waals surface area contributed by atoms with Crippen LogP contribution in [0, 0.1) is 0 Å². The number of carbonyl (C=O) groups excluding carboxylic acids is 2. The first-order valence-corrected chi connectivity index (χ1v) is 17.9. The normalized spacial score (nSPS) is 14.1. The predicted molar refractivity (Wildman–Crippen MR) is 193 cm³/mol. The van der Waals surface area contributed by atoms with Crippen molar-refractivity contribution < 1.29 is 24.2 Å². The Hall–Kier alpha value is -4.57. The van der Waals surface area contributed by atoms with E-state index in [2.05, 4.69) is 48.3 Å². The number of nitrogens with zero attached hydrogens (tertiary/aromatic N) is 2. The Morgan fingerprint density at radius 1 is 0.878 bits per heavy atom. The fraction of sp³-hybridized carbons (Fsp3) is 0.410. The van der Waals surface area contributed by atoms with E-state index in [1.807, 2.05) is 54.6 Å². The van der Waals surface area contributed by atoms with Gasteiger partial charge in [0.25, 0.3) is 5.91 Å². The van der Waals surface area contributed by atoms with Crippen molar-refractivity contribution in [1.29, 1.82) is 0 Å². The summed E-state index contributed by atoms with van der Waals surface area (Å²) in [5.74, 6) is -0.544. The Labute approximate surface area is 292 Å². The topological polar surface area (TPSA) is 131 Å². The van der Waals surface area contributed by atoms with Gasteiger partial charge in [-0.05, 0) is 60.1 Å². The molecule has 4 aromatic rings. The van der Waals surface area contributed by atoms with Gasteiger partial charge in [0.1, 0.15) is 17.3 Å². The lowest BCUT2D eigenvalue weighted by Gasteiger charge is -2.21. The fourth-order valence-electron chi connectivity index (χ4n) is 5.43. The minimum atomic E-state index is -1.26. The number of unbranched alkanes of at least 4 members (excludes halogenated alkanes) is 4. The lowest BCUT2D eigenvalue weighted by Crippen LogP contribution is -2.53. The van der Waals surface area contributed by atoms with Crippen molar-refractivity contribution in [1.82, 2.24) is 20.6 Å². The number of hydrogen-bond acceptors (Lipinski definition) is 7. The molecule has 2 aromatic heterocycles. The summed E-state index contributed by atoms with van der Waals surface area (Å²) in [5.41, 5.74) is 2.12. The van der Waals surface area contributed by atoms with Gasteiger partial charge in [-0.25, -0.2) is 14.8 Å². The van der Waals surface area contributed by atoms with Crippen LogP contribution in [0.2, 0.25) is 0 Å². The molecule has 0 unspecified atom stereocenters. The Morgan fingerprint density at radius 2 is 1.53 bits per heavy atom. The molecule has 0 aliphatic heterocycles. The largest absolute Gasteiger partial charge is 0.494 e. The Kier molecular flexibility index (Phi) is 11.5. The van der Waals surface area contributed by atoms with Gasteiger partial charge in [0.2, 0.25) is 5.91 Å². The molecule has 0 spiro atoms. The zero-order valence-electron chi connectivity index (χ0n) is 28.8. The van der Waals surface area contributed by atoms with Gasteiger partial charge < -0.3 is 20.5 Å². The lowest BCUT2D eigenvalue weighted by atomic mass is 9.95. The molecule has 0 radical (unpaired) electrons. The molecule has 0 bridgehead atoms. The second kappa shape index (κ2) is 15.8. The van der Waals surface area contributed by atoms with Crippen molar-refractivity contribution in [3.05, 3.63) is 88.4 Å². The molecule has 258 valence electrons. The molecule has 5 rings (SSSR count). The highest BCUT2D eigenvalue weighted by molar-refractivity contribution is 7.14. The van der Waals surface area contributed by atoms with Crippen LogP contribution in [-0.2, 0) is 21.4 Å². The van der Waals surface area contributed by atoms with Crippen molar-refractivity contribution in [3.8, 4) is 28.3 Å². The molecule has 1 fully saturated rings. The predicted octanol–water partition coefficient (Wildman–Crippen LogP) is 7.59. The van der Waals surface area contributed by atoms with Crippen molar-refractivity contribution in [3.63, 3.8) is 0 Å². The van der Waals surface area contributed by atoms with Crippen LogP contribution in [0.5, 0.6) is 5.75 Å². The van der Waals surface area contributed by atoms with E-state index < -0.39 is 23.5 Å². The number of ether oxygens (including phenoxy) is 1. The second-order valence-electron chi connectivity index (χ2n) is 13.8. The van der Waals surface area contributed by atoms with Gasteiger partial charge in [-0.3, -0.25) is 9.59 Å². The van der Waals surface area contributed by atoms with Crippen LogP contribution in [0.4, 0.5) is 0 Å². The summed E-state index contributed by atoms with van der Waals surface area (Å²) in [5, 5.41) is 15.2. The Bertz CT molecular complexity index is 1720. The minimum Gasteiger partial charge on any atom is -0.494 e. The molecule has 1 aliphatic rings. The van der Waals surface area contributed by atoms with E-state index in [1.165, 1.54) is 37.0 Å². The van der Waals surface area contributed by atoms with E-state index in [-0.39, 0.29) is 17.7 Å². The highest BCUT2D eigenvalue weighted by Gasteiger charge is 2.52. The number of carboxylic acids is 1. The Balaban J connectivity index is 1.22. The average molecular weight is 683 g/mol. The summed E-state index contributed by atoms with van der Waals surface area (Å²) >= 11 is 1.39. The van der Waals surface area contributed by atoms with Crippen LogP contribution in [-0.4, -0.2) is 51.0 Å². The molecule has 1 saturated carbocycles. The van der Waals surface area contributed by atoms with Crippen molar-refractivity contribution in [2.24, 2.45) is 0 Å². The third kappa shape index (κ3) is 9.53. The highest BCUT2D eigenvalue weighted by atomic mass is 32.1. The van der Waals surface area contributed by atoms with E-state index in [4.69, 9.17) is 4.74 Å². The van der Waals surface area contributed by atoms with E-state index in [0.717, 1.165) is 45.9 Å². The summed E-state index contributed by atoms with van der Waals surface area (Å²) < 4.78 is 5.89. The number of amides is 2. The van der Waals surface area contributed by atoms with Gasteiger partial charge in [-0.2, -0.15) is 0 Å². The number of aromatic nitrogens is 2. The molecule has 2 heterocycles. The van der Waals surface area contributed by atoms with Crippen LogP contribution >= 0.6 is 11.3 Å². The molecule has 10 heteroatoms. The van der Waals surface area contributed by atoms with E-state index in [1.54, 1.807) is 18.5 Å². The number of aliphatic carboxylic acids is 1. The highest BCUT2D eigenvalue weighted by Crippen LogP contribution is 2.36. The summed E-state index contributed by atoms with van der Waals surface area (Å²) in [7, 11) is 0. The molecule has 1 aliphatic carbocycles. The van der Waals surface area contributed by atoms with Crippen LogP contribution in [0.15, 0.2) is 73.1 Å². The van der Waals surface area contributed by atoms with E-state index in [9.17, 15) is 19.5 Å². The molecular formula is C39H46N4O5S. The molecule has 2 amide bonds. The SMILES string of the molecule is CCCCCCCOc1ccc(-c2cnc(-c3ccc(C[C@H](NC(=O)c4ccc(C(C)(C)C)s4)C(=O)NC4(C(=O)O)CC4)cc3)nc2)cc1.